The highest BCUT2D eigenvalue weighted by Gasteiger charge is 2.14. The summed E-state index contributed by atoms with van der Waals surface area (Å²) in [5.74, 6) is 0.269. The highest BCUT2D eigenvalue weighted by Crippen LogP contribution is 2.07. The zero-order valence-electron chi connectivity index (χ0n) is 7.13. The Morgan fingerprint density at radius 3 is 3.00 bits per heavy atom. The van der Waals surface area contributed by atoms with Crippen LogP contribution in [0.2, 0.25) is 0 Å². The summed E-state index contributed by atoms with van der Waals surface area (Å²) in [6.45, 7) is 3.74. The molecule has 1 aliphatic rings. The summed E-state index contributed by atoms with van der Waals surface area (Å²) in [5, 5.41) is 3.34. The second kappa shape index (κ2) is 3.67. The lowest BCUT2D eigenvalue weighted by atomic mass is 10.0. The Bertz CT molecular complexity index is 174. The lowest BCUT2D eigenvalue weighted by Crippen LogP contribution is -2.38. The number of carbonyl (C=O) groups excluding carboxylic acids is 1. The number of nitrogens with one attached hydrogen (secondary N) is 1. The van der Waals surface area contributed by atoms with E-state index in [0.717, 1.165) is 6.42 Å². The Hall–Kier alpha value is -0.630. The zero-order valence-corrected chi connectivity index (χ0v) is 7.13. The Balaban J connectivity index is 2.37. The molecule has 1 heterocycles. The molecule has 2 atom stereocenters. The minimum absolute atomic E-state index is 0.269. The summed E-state index contributed by atoms with van der Waals surface area (Å²) in [7, 11) is 0. The predicted molar refractivity (Wildman–Crippen MR) is 45.4 cm³/mol. The van der Waals surface area contributed by atoms with Crippen LogP contribution in [0.1, 0.15) is 26.7 Å². The van der Waals surface area contributed by atoms with Crippen molar-refractivity contribution in [3.8, 4) is 0 Å². The third-order valence-corrected chi connectivity index (χ3v) is 1.88. The second-order valence-electron chi connectivity index (χ2n) is 3.22. The minimum Gasteiger partial charge on any atom is -0.307 e. The summed E-state index contributed by atoms with van der Waals surface area (Å²) < 4.78 is 0. The van der Waals surface area contributed by atoms with Gasteiger partial charge in [0, 0.05) is 18.5 Å². The first-order chi connectivity index (χ1) is 5.18. The van der Waals surface area contributed by atoms with Crippen LogP contribution in [0.5, 0.6) is 0 Å². The first-order valence-corrected chi connectivity index (χ1v) is 4.10. The van der Waals surface area contributed by atoms with Crippen LogP contribution in [-0.4, -0.2) is 17.9 Å². The molecule has 2 nitrogen and oxygen atoms in total. The topological polar surface area (TPSA) is 29.1 Å². The molecule has 0 saturated heterocycles. The van der Waals surface area contributed by atoms with E-state index in [9.17, 15) is 4.79 Å². The van der Waals surface area contributed by atoms with Crippen molar-refractivity contribution < 1.29 is 4.79 Å². The molecular formula is C9H15NO. The van der Waals surface area contributed by atoms with Gasteiger partial charge in [0.05, 0.1) is 0 Å². The average molecular weight is 153 g/mol. The molecule has 0 aromatic heterocycles. The third-order valence-electron chi connectivity index (χ3n) is 1.88. The van der Waals surface area contributed by atoms with Crippen LogP contribution in [0, 0.1) is 0 Å². The maximum Gasteiger partial charge on any atom is 0.131 e. The van der Waals surface area contributed by atoms with Gasteiger partial charge in [0.25, 0.3) is 0 Å². The van der Waals surface area contributed by atoms with Gasteiger partial charge in [0.15, 0.2) is 0 Å². The molecule has 0 spiro atoms. The maximum absolute atomic E-state index is 10.8. The summed E-state index contributed by atoms with van der Waals surface area (Å²) in [6.07, 6.45) is 5.93. The summed E-state index contributed by atoms with van der Waals surface area (Å²) >= 11 is 0. The quantitative estimate of drug-likeness (QED) is 0.605. The Kier molecular flexibility index (Phi) is 2.83. The fraction of sp³-hybridized carbons (Fsp3) is 0.667. The van der Waals surface area contributed by atoms with Gasteiger partial charge in [-0.3, -0.25) is 4.79 Å². The average Bonchev–Trinajstić information content (AvgIpc) is 1.85. The second-order valence-corrected chi connectivity index (χ2v) is 3.22. The van der Waals surface area contributed by atoms with Crippen LogP contribution in [0.15, 0.2) is 12.2 Å². The molecule has 0 bridgehead atoms. The fourth-order valence-corrected chi connectivity index (χ4v) is 1.43. The molecule has 0 fully saturated rings. The van der Waals surface area contributed by atoms with Gasteiger partial charge in [0.2, 0.25) is 0 Å². The first-order valence-electron chi connectivity index (χ1n) is 4.10. The van der Waals surface area contributed by atoms with E-state index < -0.39 is 0 Å². The van der Waals surface area contributed by atoms with E-state index in [-0.39, 0.29) is 5.78 Å². The number of ketones is 1. The van der Waals surface area contributed by atoms with Crippen molar-refractivity contribution in [2.45, 2.75) is 38.8 Å². The molecule has 1 aliphatic heterocycles. The predicted octanol–water partition coefficient (Wildman–Crippen LogP) is 1.27. The molecule has 0 unspecified atom stereocenters. The first kappa shape index (κ1) is 8.47. The van der Waals surface area contributed by atoms with E-state index >= 15 is 0 Å². The molecule has 0 aromatic rings. The Labute approximate surface area is 67.7 Å². The van der Waals surface area contributed by atoms with E-state index in [0.29, 0.717) is 18.5 Å². The van der Waals surface area contributed by atoms with Crippen molar-refractivity contribution in [1.82, 2.24) is 5.32 Å². The third kappa shape index (κ3) is 2.85. The van der Waals surface area contributed by atoms with Gasteiger partial charge >= 0.3 is 0 Å². The van der Waals surface area contributed by atoms with Crippen molar-refractivity contribution >= 4 is 5.78 Å². The molecule has 62 valence electrons. The largest absolute Gasteiger partial charge is 0.307 e. The summed E-state index contributed by atoms with van der Waals surface area (Å²) in [6, 6.07) is 0.792. The van der Waals surface area contributed by atoms with Crippen LogP contribution in [0.4, 0.5) is 0 Å². The number of rotatable bonds is 2. The Morgan fingerprint density at radius 1 is 1.73 bits per heavy atom. The van der Waals surface area contributed by atoms with Gasteiger partial charge in [-0.1, -0.05) is 12.2 Å². The molecule has 2 heteroatoms. The van der Waals surface area contributed by atoms with Gasteiger partial charge in [-0.25, -0.2) is 0 Å². The molecule has 1 N–H and O–H groups in total. The van der Waals surface area contributed by atoms with Crippen molar-refractivity contribution in [2.75, 3.05) is 0 Å². The minimum atomic E-state index is 0.269. The van der Waals surface area contributed by atoms with E-state index in [1.54, 1.807) is 6.92 Å². The molecule has 0 saturated carbocycles. The van der Waals surface area contributed by atoms with Crippen LogP contribution in [0.3, 0.4) is 0 Å². The lowest BCUT2D eigenvalue weighted by molar-refractivity contribution is -0.117. The van der Waals surface area contributed by atoms with Gasteiger partial charge in [-0.15, -0.1) is 0 Å². The highest BCUT2D eigenvalue weighted by atomic mass is 16.1. The number of Topliss-reactive ketones (excluding diaryl/α,β-unsaturated/α-hetero) is 1. The summed E-state index contributed by atoms with van der Waals surface area (Å²) in [4.78, 5) is 10.8. The van der Waals surface area contributed by atoms with E-state index in [2.05, 4.69) is 24.4 Å². The molecule has 0 aliphatic carbocycles. The lowest BCUT2D eigenvalue weighted by Gasteiger charge is -2.23. The zero-order chi connectivity index (χ0) is 8.27. The molecule has 11 heavy (non-hydrogen) atoms. The standard InChI is InChI=1S/C9H15NO/c1-7-4-3-5-9(10-7)6-8(2)11/h3-4,7,9-10H,5-6H2,1-2H3/t7-,9+/m0/s1. The maximum atomic E-state index is 10.8. The van der Waals surface area contributed by atoms with Crippen LogP contribution >= 0.6 is 0 Å². The van der Waals surface area contributed by atoms with Gasteiger partial charge < -0.3 is 5.32 Å². The van der Waals surface area contributed by atoms with Gasteiger partial charge in [-0.05, 0) is 20.3 Å². The molecule has 1 rings (SSSR count). The van der Waals surface area contributed by atoms with E-state index in [4.69, 9.17) is 0 Å². The van der Waals surface area contributed by atoms with Crippen molar-refractivity contribution in [1.29, 1.82) is 0 Å². The normalized spacial score (nSPS) is 30.4. The number of hydrogen-bond donors (Lipinski definition) is 1. The number of carbonyl (C=O) groups is 1. The van der Waals surface area contributed by atoms with Crippen LogP contribution in [0.25, 0.3) is 0 Å². The SMILES string of the molecule is CC(=O)C[C@H]1CC=C[C@H](C)N1. The van der Waals surface area contributed by atoms with Gasteiger partial charge in [0.1, 0.15) is 5.78 Å². The molecule has 0 amide bonds. The molecule has 0 aromatic carbocycles. The molecule has 0 radical (unpaired) electrons. The van der Waals surface area contributed by atoms with E-state index in [1.165, 1.54) is 0 Å². The Morgan fingerprint density at radius 2 is 2.45 bits per heavy atom. The number of hydrogen-bond acceptors (Lipinski definition) is 2. The van der Waals surface area contributed by atoms with E-state index in [1.807, 2.05) is 0 Å². The fourth-order valence-electron chi connectivity index (χ4n) is 1.43. The van der Waals surface area contributed by atoms with Crippen molar-refractivity contribution in [2.24, 2.45) is 0 Å². The highest BCUT2D eigenvalue weighted by molar-refractivity contribution is 5.76. The van der Waals surface area contributed by atoms with Crippen LogP contribution < -0.4 is 5.32 Å². The molecular weight excluding hydrogens is 138 g/mol. The van der Waals surface area contributed by atoms with Crippen molar-refractivity contribution in [3.63, 3.8) is 0 Å². The van der Waals surface area contributed by atoms with Crippen molar-refractivity contribution in [3.05, 3.63) is 12.2 Å². The monoisotopic (exact) mass is 153 g/mol. The van der Waals surface area contributed by atoms with Gasteiger partial charge in [-0.2, -0.15) is 0 Å². The smallest absolute Gasteiger partial charge is 0.131 e. The van der Waals surface area contributed by atoms with Crippen LogP contribution in [-0.2, 0) is 4.79 Å². The summed E-state index contributed by atoms with van der Waals surface area (Å²) in [5.41, 5.74) is 0.